The van der Waals surface area contributed by atoms with Crippen molar-refractivity contribution in [3.8, 4) is 11.5 Å². The van der Waals surface area contributed by atoms with Gasteiger partial charge in [-0.15, -0.1) is 0 Å². The van der Waals surface area contributed by atoms with Crippen LogP contribution in [0.5, 0.6) is 11.5 Å². The number of benzene rings is 2. The Morgan fingerprint density at radius 3 is 1.71 bits per heavy atom. The summed E-state index contributed by atoms with van der Waals surface area (Å²) < 4.78 is 16.0. The highest BCUT2D eigenvalue weighted by molar-refractivity contribution is 5.78. The third-order valence-electron chi connectivity index (χ3n) is 4.97. The molecule has 0 saturated heterocycles. The first-order chi connectivity index (χ1) is 13.6. The van der Waals surface area contributed by atoms with E-state index < -0.39 is 5.41 Å². The van der Waals surface area contributed by atoms with E-state index >= 15 is 0 Å². The Hall–Kier alpha value is -2.53. The Balaban J connectivity index is 2.37. The highest BCUT2D eigenvalue weighted by atomic mass is 16.5. The molecule has 5 nitrogen and oxygen atoms in total. The van der Waals surface area contributed by atoms with Crippen LogP contribution in [-0.2, 0) is 22.4 Å². The van der Waals surface area contributed by atoms with Crippen LogP contribution in [0.25, 0.3) is 0 Å². The van der Waals surface area contributed by atoms with Gasteiger partial charge in [-0.3, -0.25) is 4.79 Å². The molecule has 0 atom stereocenters. The van der Waals surface area contributed by atoms with Crippen LogP contribution in [0.15, 0.2) is 48.5 Å². The second-order valence-electron chi connectivity index (χ2n) is 6.94. The Kier molecular flexibility index (Phi) is 8.33. The summed E-state index contributed by atoms with van der Waals surface area (Å²) in [5, 5.41) is 0. The first kappa shape index (κ1) is 21.8. The Labute approximate surface area is 167 Å². The van der Waals surface area contributed by atoms with Crippen molar-refractivity contribution < 1.29 is 19.0 Å². The highest BCUT2D eigenvalue weighted by Crippen LogP contribution is 2.35. The monoisotopic (exact) mass is 385 g/mol. The van der Waals surface area contributed by atoms with Crippen LogP contribution >= 0.6 is 0 Å². The molecule has 0 aliphatic heterocycles. The highest BCUT2D eigenvalue weighted by Gasteiger charge is 2.39. The zero-order chi connectivity index (χ0) is 20.4. The zero-order valence-electron chi connectivity index (χ0n) is 17.1. The van der Waals surface area contributed by atoms with Gasteiger partial charge in [0.05, 0.1) is 26.2 Å². The standard InChI is InChI=1S/C23H31NO4/c1-4-28-22(25)23(14-5-15-24,16-18-6-10-20(26-2)11-7-18)17-19-8-12-21(27-3)13-9-19/h6-13H,4-5,14-17,24H2,1-3H3. The van der Waals surface area contributed by atoms with Crippen molar-refractivity contribution in [3.05, 3.63) is 59.7 Å². The lowest BCUT2D eigenvalue weighted by molar-refractivity contribution is -0.156. The molecule has 28 heavy (non-hydrogen) atoms. The number of carbonyl (C=O) groups is 1. The van der Waals surface area contributed by atoms with Crippen molar-refractivity contribution in [2.45, 2.75) is 32.6 Å². The van der Waals surface area contributed by atoms with Gasteiger partial charge in [-0.1, -0.05) is 24.3 Å². The molecule has 2 aromatic carbocycles. The average Bonchev–Trinajstić information content (AvgIpc) is 2.73. The number of nitrogens with two attached hydrogens (primary N) is 1. The molecule has 0 radical (unpaired) electrons. The average molecular weight is 386 g/mol. The van der Waals surface area contributed by atoms with Crippen LogP contribution in [0.1, 0.15) is 30.9 Å². The van der Waals surface area contributed by atoms with E-state index in [0.29, 0.717) is 32.4 Å². The van der Waals surface area contributed by atoms with E-state index in [0.717, 1.165) is 29.0 Å². The van der Waals surface area contributed by atoms with Gasteiger partial charge < -0.3 is 19.9 Å². The molecule has 0 unspecified atom stereocenters. The van der Waals surface area contributed by atoms with E-state index in [9.17, 15) is 4.79 Å². The van der Waals surface area contributed by atoms with Gasteiger partial charge >= 0.3 is 5.97 Å². The zero-order valence-corrected chi connectivity index (χ0v) is 17.1. The summed E-state index contributed by atoms with van der Waals surface area (Å²) in [7, 11) is 3.28. The topological polar surface area (TPSA) is 70.8 Å². The lowest BCUT2D eigenvalue weighted by atomic mass is 9.73. The molecule has 0 aliphatic rings. The van der Waals surface area contributed by atoms with Gasteiger partial charge in [-0.05, 0) is 74.5 Å². The molecule has 2 N–H and O–H groups in total. The Morgan fingerprint density at radius 2 is 1.36 bits per heavy atom. The number of methoxy groups -OCH3 is 2. The molecule has 2 rings (SSSR count). The van der Waals surface area contributed by atoms with Crippen molar-refractivity contribution >= 4 is 5.97 Å². The second kappa shape index (κ2) is 10.7. The molecule has 0 spiro atoms. The summed E-state index contributed by atoms with van der Waals surface area (Å²) >= 11 is 0. The summed E-state index contributed by atoms with van der Waals surface area (Å²) in [5.41, 5.74) is 7.26. The first-order valence-electron chi connectivity index (χ1n) is 9.70. The van der Waals surface area contributed by atoms with E-state index in [1.165, 1.54) is 0 Å². The summed E-state index contributed by atoms with van der Waals surface area (Å²) in [6.07, 6.45) is 2.59. The van der Waals surface area contributed by atoms with Gasteiger partial charge in [0.2, 0.25) is 0 Å². The largest absolute Gasteiger partial charge is 0.497 e. The summed E-state index contributed by atoms with van der Waals surface area (Å²) in [5.74, 6) is 1.42. The number of rotatable bonds is 11. The normalized spacial score (nSPS) is 11.1. The Morgan fingerprint density at radius 1 is 0.893 bits per heavy atom. The first-order valence-corrected chi connectivity index (χ1v) is 9.70. The second-order valence-corrected chi connectivity index (χ2v) is 6.94. The third-order valence-corrected chi connectivity index (χ3v) is 4.97. The number of hydrogen-bond donors (Lipinski definition) is 1. The van der Waals surface area contributed by atoms with Crippen molar-refractivity contribution in [2.75, 3.05) is 27.4 Å². The maximum atomic E-state index is 13.1. The van der Waals surface area contributed by atoms with E-state index in [1.54, 1.807) is 14.2 Å². The molecule has 0 aromatic heterocycles. The summed E-state index contributed by atoms with van der Waals surface area (Å²) in [6, 6.07) is 15.7. The van der Waals surface area contributed by atoms with Crippen LogP contribution in [0, 0.1) is 5.41 Å². The van der Waals surface area contributed by atoms with Crippen LogP contribution in [0.4, 0.5) is 0 Å². The molecule has 5 heteroatoms. The van der Waals surface area contributed by atoms with Crippen molar-refractivity contribution in [2.24, 2.45) is 11.1 Å². The van der Waals surface area contributed by atoms with Gasteiger partial charge in [0.1, 0.15) is 11.5 Å². The molecular weight excluding hydrogens is 354 g/mol. The summed E-state index contributed by atoms with van der Waals surface area (Å²) in [6.45, 7) is 2.73. The smallest absolute Gasteiger partial charge is 0.312 e. The third kappa shape index (κ3) is 5.73. The fourth-order valence-corrected chi connectivity index (χ4v) is 3.48. The molecule has 0 aliphatic carbocycles. The maximum absolute atomic E-state index is 13.1. The minimum absolute atomic E-state index is 0.171. The number of esters is 1. The number of hydrogen-bond acceptors (Lipinski definition) is 5. The summed E-state index contributed by atoms with van der Waals surface area (Å²) in [4.78, 5) is 13.1. The van der Waals surface area contributed by atoms with Gasteiger partial charge in [0.15, 0.2) is 0 Å². The van der Waals surface area contributed by atoms with Gasteiger partial charge in [0, 0.05) is 0 Å². The molecule has 152 valence electrons. The predicted molar refractivity (Wildman–Crippen MR) is 111 cm³/mol. The van der Waals surface area contributed by atoms with Gasteiger partial charge in [-0.2, -0.15) is 0 Å². The molecule has 2 aromatic rings. The van der Waals surface area contributed by atoms with E-state index in [4.69, 9.17) is 19.9 Å². The minimum Gasteiger partial charge on any atom is -0.497 e. The number of carbonyl (C=O) groups excluding carboxylic acids is 1. The number of ether oxygens (including phenoxy) is 3. The predicted octanol–water partition coefficient (Wildman–Crippen LogP) is 3.78. The SMILES string of the molecule is CCOC(=O)C(CCCN)(Cc1ccc(OC)cc1)Cc1ccc(OC)cc1. The maximum Gasteiger partial charge on any atom is 0.312 e. The lowest BCUT2D eigenvalue weighted by Gasteiger charge is -2.32. The molecule has 0 fully saturated rings. The van der Waals surface area contributed by atoms with Gasteiger partial charge in [0.25, 0.3) is 0 Å². The van der Waals surface area contributed by atoms with E-state index in [1.807, 2.05) is 55.5 Å². The van der Waals surface area contributed by atoms with E-state index in [2.05, 4.69) is 0 Å². The molecule has 0 heterocycles. The van der Waals surface area contributed by atoms with Crippen molar-refractivity contribution in [1.82, 2.24) is 0 Å². The van der Waals surface area contributed by atoms with Crippen molar-refractivity contribution in [3.63, 3.8) is 0 Å². The quantitative estimate of drug-likeness (QED) is 0.596. The molecule has 0 amide bonds. The molecule has 0 saturated carbocycles. The van der Waals surface area contributed by atoms with Crippen LogP contribution in [0.2, 0.25) is 0 Å². The fourth-order valence-electron chi connectivity index (χ4n) is 3.48. The Bertz CT molecular complexity index is 676. The fraction of sp³-hybridized carbons (Fsp3) is 0.435. The van der Waals surface area contributed by atoms with E-state index in [-0.39, 0.29) is 5.97 Å². The van der Waals surface area contributed by atoms with Crippen molar-refractivity contribution in [1.29, 1.82) is 0 Å². The van der Waals surface area contributed by atoms with Crippen LogP contribution in [-0.4, -0.2) is 33.3 Å². The van der Waals surface area contributed by atoms with Crippen LogP contribution in [0.3, 0.4) is 0 Å². The minimum atomic E-state index is -0.668. The van der Waals surface area contributed by atoms with Gasteiger partial charge in [-0.25, -0.2) is 0 Å². The lowest BCUT2D eigenvalue weighted by Crippen LogP contribution is -2.38. The molecular formula is C23H31NO4. The molecule has 0 bridgehead atoms. The van der Waals surface area contributed by atoms with Crippen LogP contribution < -0.4 is 15.2 Å².